The minimum Gasteiger partial charge on any atom is -0.465 e. The quantitative estimate of drug-likeness (QED) is 0.451. The third-order valence-electron chi connectivity index (χ3n) is 4.77. The number of rotatable bonds is 7. The summed E-state index contributed by atoms with van der Waals surface area (Å²) in [6.45, 7) is 1.60. The Balaban J connectivity index is 1.91. The Hall–Kier alpha value is -3.35. The Labute approximate surface area is 198 Å². The lowest BCUT2D eigenvalue weighted by atomic mass is 9.78. The molecule has 0 unspecified atom stereocenters. The fourth-order valence-electron chi connectivity index (χ4n) is 3.39. The fraction of sp³-hybridized carbons (Fsp3) is 0.217. The number of esters is 1. The van der Waals surface area contributed by atoms with Crippen LogP contribution in [0.25, 0.3) is 0 Å². The molecule has 2 aromatic rings. The monoisotopic (exact) mass is 487 g/mol. The number of allylic oxidation sites excluding steroid dienone is 1. The van der Waals surface area contributed by atoms with Crippen LogP contribution in [0.4, 0.5) is 10.1 Å². The molecule has 2 atom stereocenters. The van der Waals surface area contributed by atoms with Crippen molar-refractivity contribution in [2.24, 2.45) is 5.92 Å². The second kappa shape index (κ2) is 11.0. The molecule has 2 amide bonds. The summed E-state index contributed by atoms with van der Waals surface area (Å²) in [5.41, 5.74) is 0.476. The Bertz CT molecular complexity index is 1160. The number of amides is 2. The van der Waals surface area contributed by atoms with Crippen molar-refractivity contribution in [3.8, 4) is 6.07 Å². The molecule has 0 aliphatic carbocycles. The summed E-state index contributed by atoms with van der Waals surface area (Å²) in [7, 11) is 0. The van der Waals surface area contributed by atoms with E-state index >= 15 is 0 Å². The Kier molecular flexibility index (Phi) is 8.09. The summed E-state index contributed by atoms with van der Waals surface area (Å²) in [6.07, 6.45) is 0. The number of hydrogen-bond donors (Lipinski definition) is 2. The Morgan fingerprint density at radius 3 is 2.70 bits per heavy atom. The number of nitriles is 1. The summed E-state index contributed by atoms with van der Waals surface area (Å²) in [5, 5.41) is 15.6. The third kappa shape index (κ3) is 5.72. The normalized spacial score (nSPS) is 17.7. The average Bonchev–Trinajstić information content (AvgIpc) is 2.77. The van der Waals surface area contributed by atoms with Crippen molar-refractivity contribution in [1.82, 2.24) is 5.32 Å². The minimum atomic E-state index is -1.44. The highest BCUT2D eigenvalue weighted by Gasteiger charge is 2.45. The molecular formula is C23H19ClFN3O4S. The van der Waals surface area contributed by atoms with Crippen molar-refractivity contribution in [1.29, 1.82) is 5.26 Å². The first kappa shape index (κ1) is 24.3. The van der Waals surface area contributed by atoms with Crippen LogP contribution in [0.5, 0.6) is 0 Å². The predicted octanol–water partition coefficient (Wildman–Crippen LogP) is 3.98. The molecule has 10 heteroatoms. The molecule has 0 saturated heterocycles. The summed E-state index contributed by atoms with van der Waals surface area (Å²) < 4.78 is 19.7. The molecule has 2 aromatic carbocycles. The van der Waals surface area contributed by atoms with Crippen molar-refractivity contribution in [3.63, 3.8) is 0 Å². The van der Waals surface area contributed by atoms with E-state index in [0.717, 1.165) is 11.8 Å². The first-order valence-corrected chi connectivity index (χ1v) is 11.3. The highest BCUT2D eigenvalue weighted by molar-refractivity contribution is 8.03. The number of carbonyl (C=O) groups is 3. The van der Waals surface area contributed by atoms with E-state index in [2.05, 4.69) is 10.6 Å². The van der Waals surface area contributed by atoms with Gasteiger partial charge in [-0.15, -0.1) is 0 Å². The van der Waals surface area contributed by atoms with Crippen LogP contribution in [0.2, 0.25) is 5.02 Å². The summed E-state index contributed by atoms with van der Waals surface area (Å²) in [4.78, 5) is 37.8. The van der Waals surface area contributed by atoms with Crippen molar-refractivity contribution < 1.29 is 23.5 Å². The molecule has 7 nitrogen and oxygen atoms in total. The van der Waals surface area contributed by atoms with E-state index in [9.17, 15) is 24.0 Å². The lowest BCUT2D eigenvalue weighted by Gasteiger charge is -2.31. The zero-order valence-corrected chi connectivity index (χ0v) is 19.0. The number of carbonyl (C=O) groups excluding carboxylic acids is 3. The number of halogens is 2. The third-order valence-corrected chi connectivity index (χ3v) is 6.02. The number of ether oxygens (including phenoxy) is 1. The summed E-state index contributed by atoms with van der Waals surface area (Å²) >= 11 is 6.82. The number of anilines is 1. The molecule has 1 heterocycles. The largest absolute Gasteiger partial charge is 0.465 e. The molecule has 0 spiro atoms. The Morgan fingerprint density at radius 1 is 1.27 bits per heavy atom. The minimum absolute atomic E-state index is 0.0171. The van der Waals surface area contributed by atoms with E-state index < -0.39 is 35.4 Å². The molecule has 2 N–H and O–H groups in total. The molecule has 0 fully saturated rings. The van der Waals surface area contributed by atoms with E-state index in [4.69, 9.17) is 16.3 Å². The second-order valence-electron chi connectivity index (χ2n) is 6.92. The molecule has 0 saturated carbocycles. The van der Waals surface area contributed by atoms with Crippen LogP contribution < -0.4 is 10.6 Å². The van der Waals surface area contributed by atoms with Gasteiger partial charge in [0.2, 0.25) is 11.8 Å². The Morgan fingerprint density at radius 2 is 2.03 bits per heavy atom. The van der Waals surface area contributed by atoms with Gasteiger partial charge in [-0.25, -0.2) is 4.39 Å². The van der Waals surface area contributed by atoms with Crippen molar-refractivity contribution in [2.45, 2.75) is 12.8 Å². The van der Waals surface area contributed by atoms with Crippen LogP contribution in [0.15, 0.2) is 59.1 Å². The predicted molar refractivity (Wildman–Crippen MR) is 123 cm³/mol. The number of nitrogens with one attached hydrogen (secondary N) is 2. The zero-order chi connectivity index (χ0) is 24.0. The molecule has 0 aromatic heterocycles. The van der Waals surface area contributed by atoms with Gasteiger partial charge in [0.1, 0.15) is 11.7 Å². The van der Waals surface area contributed by atoms with Crippen LogP contribution in [0.1, 0.15) is 18.4 Å². The van der Waals surface area contributed by atoms with Crippen LogP contribution >= 0.6 is 23.4 Å². The molecule has 0 radical (unpaired) electrons. The zero-order valence-electron chi connectivity index (χ0n) is 17.4. The van der Waals surface area contributed by atoms with Gasteiger partial charge in [0, 0.05) is 16.6 Å². The topological polar surface area (TPSA) is 108 Å². The van der Waals surface area contributed by atoms with Gasteiger partial charge >= 0.3 is 5.97 Å². The molecule has 170 valence electrons. The van der Waals surface area contributed by atoms with E-state index in [-0.39, 0.29) is 28.5 Å². The van der Waals surface area contributed by atoms with Gasteiger partial charge in [-0.3, -0.25) is 14.4 Å². The number of nitrogens with zero attached hydrogens (tertiary/aromatic N) is 1. The maximum absolute atomic E-state index is 14.7. The van der Waals surface area contributed by atoms with Crippen LogP contribution in [-0.4, -0.2) is 30.1 Å². The van der Waals surface area contributed by atoms with Crippen LogP contribution in [-0.2, 0) is 19.1 Å². The molecule has 1 aliphatic heterocycles. The maximum Gasteiger partial charge on any atom is 0.319 e. The average molecular weight is 488 g/mol. The molecular weight excluding hydrogens is 469 g/mol. The van der Waals surface area contributed by atoms with Crippen LogP contribution in [0.3, 0.4) is 0 Å². The highest BCUT2D eigenvalue weighted by atomic mass is 35.5. The lowest BCUT2D eigenvalue weighted by molar-refractivity contribution is -0.152. The summed E-state index contributed by atoms with van der Waals surface area (Å²) in [6, 6.07) is 14.2. The smallest absolute Gasteiger partial charge is 0.319 e. The first-order chi connectivity index (χ1) is 15.8. The van der Waals surface area contributed by atoms with Gasteiger partial charge in [-0.2, -0.15) is 5.26 Å². The SMILES string of the molecule is CCOC(=O)[C@H]1C(=O)NC(SCC(=O)Nc2cccc(Cl)c2)=C(C#N)[C@H]1c1ccccc1F. The molecule has 1 aliphatic rings. The van der Waals surface area contributed by atoms with Gasteiger partial charge in [-0.05, 0) is 36.8 Å². The summed E-state index contributed by atoms with van der Waals surface area (Å²) in [5.74, 6) is -5.46. The molecule has 3 rings (SSSR count). The molecule has 0 bridgehead atoms. The second-order valence-corrected chi connectivity index (χ2v) is 8.34. The standard InChI is InChI=1S/C23H19ClFN3O4S/c1-2-32-23(31)20-19(15-8-3-4-9-17(15)25)16(11-26)22(28-21(20)30)33-12-18(29)27-14-7-5-6-13(24)10-14/h3-10,19-20H,2,12H2,1H3,(H,27,29)(H,28,30)/t19-,20-/m1/s1. The maximum atomic E-state index is 14.7. The first-order valence-electron chi connectivity index (χ1n) is 9.90. The van der Waals surface area contributed by atoms with E-state index in [1.54, 1.807) is 37.3 Å². The van der Waals surface area contributed by atoms with Crippen molar-refractivity contribution in [3.05, 3.63) is 75.5 Å². The van der Waals surface area contributed by atoms with Gasteiger partial charge in [0.05, 0.1) is 29.0 Å². The van der Waals surface area contributed by atoms with Gasteiger partial charge in [0.25, 0.3) is 0 Å². The van der Waals surface area contributed by atoms with Gasteiger partial charge in [0.15, 0.2) is 0 Å². The van der Waals surface area contributed by atoms with Gasteiger partial charge in [-0.1, -0.05) is 47.6 Å². The van der Waals surface area contributed by atoms with Crippen molar-refractivity contribution >= 4 is 46.8 Å². The van der Waals surface area contributed by atoms with Gasteiger partial charge < -0.3 is 15.4 Å². The number of benzene rings is 2. The fourth-order valence-corrected chi connectivity index (χ4v) is 4.43. The number of hydrogen-bond acceptors (Lipinski definition) is 6. The lowest BCUT2D eigenvalue weighted by Crippen LogP contribution is -2.44. The van der Waals surface area contributed by atoms with E-state index in [1.807, 2.05) is 6.07 Å². The van der Waals surface area contributed by atoms with Crippen LogP contribution in [0, 0.1) is 23.1 Å². The van der Waals surface area contributed by atoms with E-state index in [0.29, 0.717) is 10.7 Å². The van der Waals surface area contributed by atoms with E-state index in [1.165, 1.54) is 18.2 Å². The number of thioether (sulfide) groups is 1. The highest BCUT2D eigenvalue weighted by Crippen LogP contribution is 2.41. The van der Waals surface area contributed by atoms with Crippen molar-refractivity contribution in [2.75, 3.05) is 17.7 Å². The molecule has 33 heavy (non-hydrogen) atoms.